The molecule has 0 bridgehead atoms. The van der Waals surface area contributed by atoms with Gasteiger partial charge in [-0.15, -0.1) is 0 Å². The van der Waals surface area contributed by atoms with E-state index in [0.29, 0.717) is 28.2 Å². The number of hydrogen-bond acceptors (Lipinski definition) is 4. The Morgan fingerprint density at radius 2 is 1.63 bits per heavy atom. The molecular weight excluding hydrogens is 425 g/mol. The molecule has 30 heavy (non-hydrogen) atoms. The van der Waals surface area contributed by atoms with Crippen molar-refractivity contribution in [2.45, 2.75) is 13.3 Å². The van der Waals surface area contributed by atoms with Crippen molar-refractivity contribution in [2.24, 2.45) is 0 Å². The van der Waals surface area contributed by atoms with Crippen LogP contribution < -0.4 is 10.1 Å². The maximum Gasteiger partial charge on any atom is 0.277 e. The lowest BCUT2D eigenvalue weighted by Crippen LogP contribution is -2.15. The molecule has 0 saturated heterocycles. The number of anilines is 1. The molecule has 152 valence electrons. The summed E-state index contributed by atoms with van der Waals surface area (Å²) in [6, 6.07) is 18.4. The molecule has 0 radical (unpaired) electrons. The van der Waals surface area contributed by atoms with Gasteiger partial charge >= 0.3 is 0 Å². The standard InChI is InChI=1S/C21H17Cl2N5O2/c22-16-7-4-8-17(23)20(16)30-14-28-11-9-18(25-28)21(29)24-19-10-12-27(26-19)13-15-5-2-1-3-6-15/h1-12H,13-14H2,(H,24,26,29). The molecule has 7 nitrogen and oxygen atoms in total. The number of benzene rings is 2. The Morgan fingerprint density at radius 3 is 2.40 bits per heavy atom. The van der Waals surface area contributed by atoms with Gasteiger partial charge in [0.1, 0.15) is 0 Å². The number of ether oxygens (including phenoxy) is 1. The van der Waals surface area contributed by atoms with Gasteiger partial charge in [-0.3, -0.25) is 9.48 Å². The summed E-state index contributed by atoms with van der Waals surface area (Å²) in [6.45, 7) is 0.676. The van der Waals surface area contributed by atoms with E-state index in [4.69, 9.17) is 27.9 Å². The number of carbonyl (C=O) groups excluding carboxylic acids is 1. The van der Waals surface area contributed by atoms with E-state index in [2.05, 4.69) is 15.5 Å². The molecule has 0 aliphatic heterocycles. The number of aromatic nitrogens is 4. The molecule has 4 aromatic rings. The highest BCUT2D eigenvalue weighted by Gasteiger charge is 2.13. The van der Waals surface area contributed by atoms with E-state index < -0.39 is 0 Å². The second-order valence-corrected chi connectivity index (χ2v) is 7.22. The quantitative estimate of drug-likeness (QED) is 0.450. The van der Waals surface area contributed by atoms with Crippen LogP contribution in [0.25, 0.3) is 0 Å². The Labute approximate surface area is 182 Å². The maximum absolute atomic E-state index is 12.5. The lowest BCUT2D eigenvalue weighted by Gasteiger charge is -2.09. The highest BCUT2D eigenvalue weighted by Crippen LogP contribution is 2.32. The molecule has 2 heterocycles. The molecule has 0 saturated carbocycles. The molecule has 0 aliphatic carbocycles. The molecule has 2 aromatic carbocycles. The van der Waals surface area contributed by atoms with E-state index in [1.807, 2.05) is 36.5 Å². The zero-order valence-corrected chi connectivity index (χ0v) is 17.2. The van der Waals surface area contributed by atoms with E-state index in [-0.39, 0.29) is 18.3 Å². The average Bonchev–Trinajstić information content (AvgIpc) is 3.38. The van der Waals surface area contributed by atoms with E-state index in [1.165, 1.54) is 4.68 Å². The van der Waals surface area contributed by atoms with Crippen LogP contribution in [0, 0.1) is 0 Å². The number of rotatable bonds is 7. The fraction of sp³-hybridized carbons (Fsp3) is 0.0952. The molecule has 0 spiro atoms. The fourth-order valence-electron chi connectivity index (χ4n) is 2.77. The van der Waals surface area contributed by atoms with Crippen LogP contribution in [0.3, 0.4) is 0 Å². The number of halogens is 2. The third-order valence-corrected chi connectivity index (χ3v) is 4.80. The van der Waals surface area contributed by atoms with E-state index in [9.17, 15) is 4.79 Å². The van der Waals surface area contributed by atoms with Crippen molar-refractivity contribution in [3.05, 3.63) is 94.4 Å². The van der Waals surface area contributed by atoms with Crippen LogP contribution in [0.4, 0.5) is 5.82 Å². The second kappa shape index (κ2) is 9.02. The Bertz CT molecular complexity index is 1140. The minimum absolute atomic E-state index is 0.0580. The first-order valence-electron chi connectivity index (χ1n) is 9.07. The second-order valence-electron chi connectivity index (χ2n) is 6.40. The van der Waals surface area contributed by atoms with Crippen molar-refractivity contribution in [1.29, 1.82) is 0 Å². The predicted octanol–water partition coefficient (Wildman–Crippen LogP) is 4.72. The predicted molar refractivity (Wildman–Crippen MR) is 115 cm³/mol. The van der Waals surface area contributed by atoms with Crippen molar-refractivity contribution < 1.29 is 9.53 Å². The number of nitrogens with one attached hydrogen (secondary N) is 1. The monoisotopic (exact) mass is 441 g/mol. The van der Waals surface area contributed by atoms with E-state index in [0.717, 1.165) is 5.56 Å². The molecule has 4 rings (SSSR count). The van der Waals surface area contributed by atoms with Crippen molar-refractivity contribution in [3.8, 4) is 5.75 Å². The van der Waals surface area contributed by atoms with Crippen LogP contribution in [0.15, 0.2) is 73.1 Å². The Hall–Kier alpha value is -3.29. The first kappa shape index (κ1) is 20.0. The lowest BCUT2D eigenvalue weighted by molar-refractivity contribution is 0.101. The van der Waals surface area contributed by atoms with Crippen LogP contribution in [0.2, 0.25) is 10.0 Å². The third-order valence-electron chi connectivity index (χ3n) is 4.20. The molecular formula is C21H17Cl2N5O2. The fourth-order valence-corrected chi connectivity index (χ4v) is 3.28. The summed E-state index contributed by atoms with van der Waals surface area (Å²) in [5.74, 6) is 0.449. The van der Waals surface area contributed by atoms with Crippen LogP contribution >= 0.6 is 23.2 Å². The summed E-state index contributed by atoms with van der Waals surface area (Å²) in [5, 5.41) is 12.1. The minimum atomic E-state index is -0.366. The number of hydrogen-bond donors (Lipinski definition) is 1. The van der Waals surface area contributed by atoms with Crippen LogP contribution in [0.1, 0.15) is 16.1 Å². The number of nitrogens with zero attached hydrogens (tertiary/aromatic N) is 4. The average molecular weight is 442 g/mol. The zero-order chi connectivity index (χ0) is 20.9. The molecule has 1 N–H and O–H groups in total. The van der Waals surface area contributed by atoms with Crippen LogP contribution in [-0.2, 0) is 13.3 Å². The van der Waals surface area contributed by atoms with Gasteiger partial charge in [0.2, 0.25) is 0 Å². The molecule has 0 fully saturated rings. The van der Waals surface area contributed by atoms with Gasteiger partial charge in [-0.2, -0.15) is 10.2 Å². The summed E-state index contributed by atoms with van der Waals surface area (Å²) >= 11 is 12.2. The zero-order valence-electron chi connectivity index (χ0n) is 15.7. The Balaban J connectivity index is 1.35. The molecule has 0 unspecified atom stereocenters. The summed E-state index contributed by atoms with van der Waals surface area (Å²) in [7, 11) is 0. The first-order valence-corrected chi connectivity index (χ1v) is 9.83. The van der Waals surface area contributed by atoms with Gasteiger partial charge in [-0.1, -0.05) is 59.6 Å². The van der Waals surface area contributed by atoms with Crippen molar-refractivity contribution in [3.63, 3.8) is 0 Å². The van der Waals surface area contributed by atoms with Crippen molar-refractivity contribution >= 4 is 34.9 Å². The number of amides is 1. The van der Waals surface area contributed by atoms with Gasteiger partial charge in [0, 0.05) is 18.5 Å². The van der Waals surface area contributed by atoms with E-state index in [1.54, 1.807) is 41.2 Å². The Morgan fingerprint density at radius 1 is 0.900 bits per heavy atom. The van der Waals surface area contributed by atoms with Crippen molar-refractivity contribution in [2.75, 3.05) is 5.32 Å². The largest absolute Gasteiger partial charge is 0.468 e. The molecule has 0 aliphatic rings. The number of carbonyl (C=O) groups is 1. The van der Waals surface area contributed by atoms with Gasteiger partial charge in [-0.05, 0) is 23.8 Å². The lowest BCUT2D eigenvalue weighted by atomic mass is 10.2. The smallest absolute Gasteiger partial charge is 0.277 e. The topological polar surface area (TPSA) is 74.0 Å². The van der Waals surface area contributed by atoms with Crippen LogP contribution in [-0.4, -0.2) is 25.5 Å². The molecule has 2 aromatic heterocycles. The van der Waals surface area contributed by atoms with Gasteiger partial charge < -0.3 is 10.1 Å². The SMILES string of the molecule is O=C(Nc1ccn(Cc2ccccc2)n1)c1ccn(COc2c(Cl)cccc2Cl)n1. The minimum Gasteiger partial charge on any atom is -0.468 e. The summed E-state index contributed by atoms with van der Waals surface area (Å²) in [4.78, 5) is 12.5. The molecule has 1 amide bonds. The van der Waals surface area contributed by atoms with Gasteiger partial charge in [-0.25, -0.2) is 4.68 Å². The van der Waals surface area contributed by atoms with E-state index >= 15 is 0 Å². The van der Waals surface area contributed by atoms with Gasteiger partial charge in [0.05, 0.1) is 16.6 Å². The summed E-state index contributed by atoms with van der Waals surface area (Å²) in [6.07, 6.45) is 3.44. The molecule has 9 heteroatoms. The van der Waals surface area contributed by atoms with Crippen LogP contribution in [0.5, 0.6) is 5.75 Å². The van der Waals surface area contributed by atoms with Gasteiger partial charge in [0.15, 0.2) is 24.0 Å². The first-order chi connectivity index (χ1) is 14.6. The highest BCUT2D eigenvalue weighted by molar-refractivity contribution is 6.37. The Kier molecular flexibility index (Phi) is 6.02. The number of para-hydroxylation sites is 1. The maximum atomic E-state index is 12.5. The third kappa shape index (κ3) is 4.82. The van der Waals surface area contributed by atoms with Gasteiger partial charge in [0.25, 0.3) is 5.91 Å². The normalized spacial score (nSPS) is 10.7. The van der Waals surface area contributed by atoms with Crippen molar-refractivity contribution in [1.82, 2.24) is 19.6 Å². The summed E-state index contributed by atoms with van der Waals surface area (Å²) in [5.41, 5.74) is 1.36. The highest BCUT2D eigenvalue weighted by atomic mass is 35.5. The summed E-state index contributed by atoms with van der Waals surface area (Å²) < 4.78 is 8.84. The molecule has 0 atom stereocenters.